The molecular weight excluding hydrogens is 445 g/mol. The predicted octanol–water partition coefficient (Wildman–Crippen LogP) is 5.52. The van der Waals surface area contributed by atoms with Crippen LogP contribution in [0.15, 0.2) is 121 Å². The summed E-state index contributed by atoms with van der Waals surface area (Å²) in [6.45, 7) is 0. The van der Waals surface area contributed by atoms with Crippen LogP contribution in [-0.2, 0) is 15.5 Å². The maximum atomic E-state index is 5.81. The molecule has 0 heterocycles. The molecule has 0 radical (unpaired) electrons. The third-order valence-electron chi connectivity index (χ3n) is 5.04. The van der Waals surface area contributed by atoms with Crippen LogP contribution in [0.1, 0.15) is 6.42 Å². The zero-order chi connectivity index (χ0) is 20.6. The Morgan fingerprint density at radius 2 is 0.833 bits per heavy atom. The molecule has 30 heavy (non-hydrogen) atoms. The molecule has 153 valence electrons. The first-order chi connectivity index (χ1) is 14.8. The number of benzene rings is 4. The minimum atomic E-state index is -0.537. The fourth-order valence-corrected chi connectivity index (χ4v) is 9.71. The molecule has 1 atom stereocenters. The molecule has 0 aliphatic carbocycles. The molecule has 3 heteroatoms. The van der Waals surface area contributed by atoms with Gasteiger partial charge in [0, 0.05) is 0 Å². The summed E-state index contributed by atoms with van der Waals surface area (Å²) in [6, 6.07) is 43.7. The molecule has 0 saturated heterocycles. The molecule has 0 saturated carbocycles. The van der Waals surface area contributed by atoms with E-state index in [1.165, 1.54) is 21.2 Å². The van der Waals surface area contributed by atoms with Crippen LogP contribution >= 0.6 is 15.8 Å². The fraction of sp³-hybridized carbons (Fsp3) is 0.111. The molecule has 0 N–H and O–H groups in total. The topological polar surface area (TPSA) is 0 Å². The Balaban J connectivity index is 1.59. The Kier molecular flexibility index (Phi) is 7.89. The Morgan fingerprint density at radius 1 is 0.500 bits per heavy atom. The number of hydrogen-bond acceptors (Lipinski definition) is 0. The Hall–Kier alpha value is -1.77. The van der Waals surface area contributed by atoms with E-state index in [2.05, 4.69) is 121 Å². The second-order valence-electron chi connectivity index (χ2n) is 7.05. The SMILES string of the molecule is [Ni][CH](CCP(c1ccccc1)c1ccccc1)P(c1ccccc1)c1ccccc1. The first-order valence-electron chi connectivity index (χ1n) is 10.2. The van der Waals surface area contributed by atoms with Crippen LogP contribution in [0.3, 0.4) is 0 Å². The zero-order valence-electron chi connectivity index (χ0n) is 16.7. The maximum absolute atomic E-state index is 5.81. The van der Waals surface area contributed by atoms with Crippen molar-refractivity contribution in [3.8, 4) is 0 Å². The van der Waals surface area contributed by atoms with Crippen molar-refractivity contribution in [3.05, 3.63) is 121 Å². The van der Waals surface area contributed by atoms with Gasteiger partial charge in [0.1, 0.15) is 0 Å². The molecule has 0 aliphatic heterocycles. The first-order valence-corrected chi connectivity index (χ1v) is 13.7. The summed E-state index contributed by atoms with van der Waals surface area (Å²) in [4.78, 5) is 0. The van der Waals surface area contributed by atoms with Crippen molar-refractivity contribution in [2.45, 2.75) is 11.0 Å². The van der Waals surface area contributed by atoms with Crippen LogP contribution in [-0.4, -0.2) is 10.8 Å². The van der Waals surface area contributed by atoms with Crippen LogP contribution in [0, 0.1) is 0 Å². The van der Waals surface area contributed by atoms with E-state index >= 15 is 0 Å². The molecular formula is C27H25NiP2. The van der Waals surface area contributed by atoms with E-state index in [4.69, 9.17) is 15.5 Å². The molecule has 0 spiro atoms. The summed E-state index contributed by atoms with van der Waals surface area (Å²) in [7, 11) is -0.932. The summed E-state index contributed by atoms with van der Waals surface area (Å²) < 4.78 is 0.252. The summed E-state index contributed by atoms with van der Waals surface area (Å²) in [5.41, 5.74) is 0. The van der Waals surface area contributed by atoms with Gasteiger partial charge < -0.3 is 0 Å². The normalized spacial score (nSPS) is 12.3. The fourth-order valence-electron chi connectivity index (χ4n) is 3.61. The van der Waals surface area contributed by atoms with Crippen molar-refractivity contribution in [1.29, 1.82) is 0 Å². The van der Waals surface area contributed by atoms with Crippen molar-refractivity contribution in [2.24, 2.45) is 0 Å². The molecule has 4 aromatic carbocycles. The summed E-state index contributed by atoms with van der Waals surface area (Å²) in [6.07, 6.45) is 2.19. The van der Waals surface area contributed by atoms with Crippen LogP contribution in [0.25, 0.3) is 0 Å². The second-order valence-corrected chi connectivity index (χ2v) is 12.9. The molecule has 0 aromatic heterocycles. The molecule has 0 fully saturated rings. The Morgan fingerprint density at radius 3 is 1.20 bits per heavy atom. The third-order valence-corrected chi connectivity index (χ3v) is 11.1. The van der Waals surface area contributed by atoms with E-state index in [-0.39, 0.29) is 4.63 Å². The van der Waals surface area contributed by atoms with E-state index in [1.54, 1.807) is 0 Å². The molecule has 0 bridgehead atoms. The van der Waals surface area contributed by atoms with Gasteiger partial charge in [-0.05, 0) is 0 Å². The number of rotatable bonds is 8. The average molecular weight is 470 g/mol. The molecule has 0 amide bonds. The van der Waals surface area contributed by atoms with Gasteiger partial charge >= 0.3 is 191 Å². The van der Waals surface area contributed by atoms with Crippen molar-refractivity contribution < 1.29 is 15.5 Å². The molecule has 0 aliphatic rings. The van der Waals surface area contributed by atoms with Gasteiger partial charge in [-0.3, -0.25) is 0 Å². The van der Waals surface area contributed by atoms with Gasteiger partial charge in [-0.1, -0.05) is 0 Å². The van der Waals surface area contributed by atoms with Crippen LogP contribution in [0.4, 0.5) is 0 Å². The Labute approximate surface area is 190 Å². The molecule has 4 aromatic rings. The standard InChI is InChI=1S/C27H25P2.Ni/c1-5-14-24(15-6-1)28(25-16-7-2-8-17-25)22-13-23-29(26-18-9-3-10-19-26)27-20-11-4-12-21-27;/h1-12,14-22H,13,23H2;. The van der Waals surface area contributed by atoms with Crippen molar-refractivity contribution >= 4 is 37.1 Å². The van der Waals surface area contributed by atoms with Crippen LogP contribution in [0.5, 0.6) is 0 Å². The molecule has 4 rings (SSSR count). The second kappa shape index (κ2) is 11.0. The van der Waals surface area contributed by atoms with Gasteiger partial charge in [-0.25, -0.2) is 0 Å². The van der Waals surface area contributed by atoms with Crippen molar-refractivity contribution in [2.75, 3.05) is 6.16 Å². The first kappa shape index (κ1) is 21.5. The van der Waals surface area contributed by atoms with Crippen LogP contribution < -0.4 is 21.2 Å². The van der Waals surface area contributed by atoms with E-state index < -0.39 is 15.8 Å². The van der Waals surface area contributed by atoms with Gasteiger partial charge in [-0.2, -0.15) is 0 Å². The van der Waals surface area contributed by atoms with Crippen molar-refractivity contribution in [1.82, 2.24) is 0 Å². The van der Waals surface area contributed by atoms with E-state index in [9.17, 15) is 0 Å². The van der Waals surface area contributed by atoms with Crippen LogP contribution in [0.2, 0.25) is 0 Å². The zero-order valence-corrected chi connectivity index (χ0v) is 19.5. The van der Waals surface area contributed by atoms with Gasteiger partial charge in [0.05, 0.1) is 0 Å². The van der Waals surface area contributed by atoms with Gasteiger partial charge in [0.15, 0.2) is 0 Å². The van der Waals surface area contributed by atoms with E-state index in [0.29, 0.717) is 0 Å². The quantitative estimate of drug-likeness (QED) is 0.235. The average Bonchev–Trinajstić information content (AvgIpc) is 2.82. The minimum absolute atomic E-state index is 0.252. The van der Waals surface area contributed by atoms with E-state index in [1.807, 2.05) is 0 Å². The van der Waals surface area contributed by atoms with Gasteiger partial charge in [0.2, 0.25) is 0 Å². The monoisotopic (exact) mass is 469 g/mol. The van der Waals surface area contributed by atoms with E-state index in [0.717, 1.165) is 12.6 Å². The van der Waals surface area contributed by atoms with Crippen molar-refractivity contribution in [3.63, 3.8) is 0 Å². The summed E-state index contributed by atoms with van der Waals surface area (Å²) >= 11 is 5.81. The Bertz CT molecular complexity index is 929. The predicted molar refractivity (Wildman–Crippen MR) is 131 cm³/mol. The third kappa shape index (κ3) is 5.48. The number of hydrogen-bond donors (Lipinski definition) is 0. The molecule has 0 nitrogen and oxygen atoms in total. The summed E-state index contributed by atoms with van der Waals surface area (Å²) in [5.74, 6) is 0. The molecule has 1 unspecified atom stereocenters. The van der Waals surface area contributed by atoms with Gasteiger partial charge in [0.25, 0.3) is 0 Å². The van der Waals surface area contributed by atoms with Gasteiger partial charge in [-0.15, -0.1) is 0 Å². The summed E-state index contributed by atoms with van der Waals surface area (Å²) in [5, 5.41) is 5.65.